The molecule has 0 saturated carbocycles. The molecule has 0 spiro atoms. The third-order valence-corrected chi connectivity index (χ3v) is 4.12. The Labute approximate surface area is 135 Å². The van der Waals surface area contributed by atoms with Gasteiger partial charge in [0.2, 0.25) is 10.0 Å². The van der Waals surface area contributed by atoms with Gasteiger partial charge in [0.25, 0.3) is 0 Å². The minimum atomic E-state index is -4.08. The quantitative estimate of drug-likeness (QED) is 0.650. The zero-order valence-corrected chi connectivity index (χ0v) is 13.0. The van der Waals surface area contributed by atoms with Crippen LogP contribution in [0, 0.1) is 15.9 Å². The fraction of sp³-hybridized carbons (Fsp3) is 0.0769. The highest BCUT2D eigenvalue weighted by Crippen LogP contribution is 2.30. The normalized spacial score (nSPS) is 11.3. The molecule has 0 aliphatic heterocycles. The molecule has 2 aromatic carbocycles. The summed E-state index contributed by atoms with van der Waals surface area (Å²) in [6, 6.07) is 6.64. The first-order valence-corrected chi connectivity index (χ1v) is 7.99. The molecule has 0 atom stereocenters. The SMILES string of the molecule is NS(=O)(=O)c1ccc(OCc2ccc(F)cc2Cl)c([N+](=O)[O-])c1. The number of ether oxygens (including phenoxy) is 1. The number of hydrogen-bond acceptors (Lipinski definition) is 5. The van der Waals surface area contributed by atoms with Gasteiger partial charge in [0.15, 0.2) is 5.75 Å². The van der Waals surface area contributed by atoms with Crippen LogP contribution in [0.1, 0.15) is 5.56 Å². The zero-order chi connectivity index (χ0) is 17.2. The number of hydrogen-bond donors (Lipinski definition) is 1. The first-order chi connectivity index (χ1) is 10.7. The number of nitro groups is 1. The predicted octanol–water partition coefficient (Wildman–Crippen LogP) is 2.61. The highest BCUT2D eigenvalue weighted by molar-refractivity contribution is 7.89. The van der Waals surface area contributed by atoms with Crippen LogP contribution in [-0.4, -0.2) is 13.3 Å². The third kappa shape index (κ3) is 4.15. The van der Waals surface area contributed by atoms with Crippen LogP contribution < -0.4 is 9.88 Å². The summed E-state index contributed by atoms with van der Waals surface area (Å²) in [6.45, 7) is -0.158. The lowest BCUT2D eigenvalue weighted by Crippen LogP contribution is -2.12. The van der Waals surface area contributed by atoms with Gasteiger partial charge in [0.05, 0.1) is 14.8 Å². The van der Waals surface area contributed by atoms with Crippen LogP contribution in [-0.2, 0) is 16.6 Å². The monoisotopic (exact) mass is 360 g/mol. The van der Waals surface area contributed by atoms with Gasteiger partial charge in [0, 0.05) is 11.6 Å². The molecule has 2 N–H and O–H groups in total. The van der Waals surface area contributed by atoms with Crippen LogP contribution in [0.25, 0.3) is 0 Å². The maximum Gasteiger partial charge on any atom is 0.312 e. The van der Waals surface area contributed by atoms with Crippen molar-refractivity contribution in [3.05, 3.63) is 62.9 Å². The maximum atomic E-state index is 13.0. The van der Waals surface area contributed by atoms with E-state index in [0.29, 0.717) is 5.56 Å². The van der Waals surface area contributed by atoms with Gasteiger partial charge in [-0.2, -0.15) is 0 Å². The smallest absolute Gasteiger partial charge is 0.312 e. The summed E-state index contributed by atoms with van der Waals surface area (Å²) < 4.78 is 40.7. The van der Waals surface area contributed by atoms with Gasteiger partial charge in [-0.3, -0.25) is 10.1 Å². The van der Waals surface area contributed by atoms with E-state index in [4.69, 9.17) is 21.5 Å². The molecular weight excluding hydrogens is 351 g/mol. The van der Waals surface area contributed by atoms with Crippen molar-refractivity contribution in [2.75, 3.05) is 0 Å². The van der Waals surface area contributed by atoms with Gasteiger partial charge in [-0.15, -0.1) is 0 Å². The van der Waals surface area contributed by atoms with Crippen molar-refractivity contribution < 1.29 is 22.5 Å². The third-order valence-electron chi connectivity index (χ3n) is 2.85. The van der Waals surface area contributed by atoms with Crippen molar-refractivity contribution in [2.45, 2.75) is 11.5 Å². The number of nitro benzene ring substituents is 1. The van der Waals surface area contributed by atoms with E-state index in [2.05, 4.69) is 0 Å². The average Bonchev–Trinajstić information content (AvgIpc) is 2.45. The number of benzene rings is 2. The van der Waals surface area contributed by atoms with E-state index in [9.17, 15) is 22.9 Å². The molecule has 0 radical (unpaired) electrons. The average molecular weight is 361 g/mol. The van der Waals surface area contributed by atoms with E-state index >= 15 is 0 Å². The van der Waals surface area contributed by atoms with Crippen LogP contribution in [0.15, 0.2) is 41.3 Å². The van der Waals surface area contributed by atoms with Crippen molar-refractivity contribution in [3.63, 3.8) is 0 Å². The van der Waals surface area contributed by atoms with Crippen LogP contribution in [0.5, 0.6) is 5.75 Å². The molecule has 7 nitrogen and oxygen atoms in total. The van der Waals surface area contributed by atoms with Gasteiger partial charge in [0.1, 0.15) is 12.4 Å². The molecule has 0 heterocycles. The summed E-state index contributed by atoms with van der Waals surface area (Å²) in [6.07, 6.45) is 0. The van der Waals surface area contributed by atoms with Gasteiger partial charge < -0.3 is 4.74 Å². The van der Waals surface area contributed by atoms with Gasteiger partial charge in [-0.1, -0.05) is 17.7 Å². The topological polar surface area (TPSA) is 113 Å². The van der Waals surface area contributed by atoms with E-state index in [1.165, 1.54) is 12.1 Å². The highest BCUT2D eigenvalue weighted by atomic mass is 35.5. The Balaban J connectivity index is 2.31. The second-order valence-corrected chi connectivity index (χ2v) is 6.42. The van der Waals surface area contributed by atoms with E-state index in [1.807, 2.05) is 0 Å². The molecule has 0 saturated heterocycles. The molecule has 0 aromatic heterocycles. The Morgan fingerprint density at radius 1 is 1.26 bits per heavy atom. The standard InChI is InChI=1S/C13H10ClFN2O5S/c14-11-5-9(15)2-1-8(11)7-22-13-4-3-10(23(16,20)21)6-12(13)17(18)19/h1-6H,7H2,(H2,16,20,21). The van der Waals surface area contributed by atoms with Crippen LogP contribution in [0.3, 0.4) is 0 Å². The Kier molecular flexibility index (Phi) is 4.83. The summed E-state index contributed by atoms with van der Waals surface area (Å²) in [5.74, 6) is -0.690. The molecular formula is C13H10ClFN2O5S. The molecule has 23 heavy (non-hydrogen) atoms. The summed E-state index contributed by atoms with van der Waals surface area (Å²) in [7, 11) is -4.08. The van der Waals surface area contributed by atoms with Crippen molar-refractivity contribution in [2.24, 2.45) is 5.14 Å². The number of nitrogens with two attached hydrogens (primary N) is 1. The maximum absolute atomic E-state index is 13.0. The Bertz CT molecular complexity index is 873. The minimum Gasteiger partial charge on any atom is -0.482 e. The lowest BCUT2D eigenvalue weighted by molar-refractivity contribution is -0.386. The van der Waals surface area contributed by atoms with Crippen molar-refractivity contribution in [3.8, 4) is 5.75 Å². The molecule has 2 aromatic rings. The Morgan fingerprint density at radius 2 is 1.96 bits per heavy atom. The number of halogens is 2. The van der Waals surface area contributed by atoms with E-state index in [-0.39, 0.29) is 17.4 Å². The van der Waals surface area contributed by atoms with E-state index < -0.39 is 31.3 Å². The summed E-state index contributed by atoms with van der Waals surface area (Å²) >= 11 is 5.83. The molecule has 0 aliphatic carbocycles. The van der Waals surface area contributed by atoms with Gasteiger partial charge >= 0.3 is 5.69 Å². The van der Waals surface area contributed by atoms with Crippen LogP contribution >= 0.6 is 11.6 Å². The number of sulfonamides is 1. The first kappa shape index (κ1) is 17.1. The fourth-order valence-corrected chi connectivity index (χ4v) is 2.49. The summed E-state index contributed by atoms with van der Waals surface area (Å²) in [5.41, 5.74) is -0.146. The molecule has 0 amide bonds. The van der Waals surface area contributed by atoms with Crippen molar-refractivity contribution in [1.29, 1.82) is 0 Å². The second kappa shape index (κ2) is 6.49. The molecule has 0 unspecified atom stereocenters. The Morgan fingerprint density at radius 3 is 2.52 bits per heavy atom. The molecule has 122 valence electrons. The van der Waals surface area contributed by atoms with E-state index in [1.54, 1.807) is 0 Å². The molecule has 0 fully saturated rings. The number of primary sulfonamides is 1. The Hall–Kier alpha value is -2.23. The van der Waals surface area contributed by atoms with Gasteiger partial charge in [-0.25, -0.2) is 17.9 Å². The van der Waals surface area contributed by atoms with Crippen LogP contribution in [0.2, 0.25) is 5.02 Å². The molecule has 0 bridgehead atoms. The molecule has 10 heteroatoms. The largest absolute Gasteiger partial charge is 0.482 e. The van der Waals surface area contributed by atoms with Gasteiger partial charge in [-0.05, 0) is 24.3 Å². The van der Waals surface area contributed by atoms with Crippen molar-refractivity contribution in [1.82, 2.24) is 0 Å². The summed E-state index contributed by atoms with van der Waals surface area (Å²) in [5, 5.41) is 16.1. The first-order valence-electron chi connectivity index (χ1n) is 6.06. The molecule has 2 rings (SSSR count). The van der Waals surface area contributed by atoms with Crippen molar-refractivity contribution >= 4 is 27.3 Å². The fourth-order valence-electron chi connectivity index (χ4n) is 1.73. The molecule has 0 aliphatic rings. The number of rotatable bonds is 5. The predicted molar refractivity (Wildman–Crippen MR) is 80.2 cm³/mol. The second-order valence-electron chi connectivity index (χ2n) is 4.46. The number of nitrogens with zero attached hydrogens (tertiary/aromatic N) is 1. The minimum absolute atomic E-state index is 0.105. The highest BCUT2D eigenvalue weighted by Gasteiger charge is 2.20. The van der Waals surface area contributed by atoms with E-state index in [0.717, 1.165) is 24.3 Å². The lowest BCUT2D eigenvalue weighted by atomic mass is 10.2. The van der Waals surface area contributed by atoms with Crippen LogP contribution in [0.4, 0.5) is 10.1 Å². The zero-order valence-electron chi connectivity index (χ0n) is 11.4. The summed E-state index contributed by atoms with van der Waals surface area (Å²) in [4.78, 5) is 9.84. The lowest BCUT2D eigenvalue weighted by Gasteiger charge is -2.09.